The Kier molecular flexibility index (Phi) is 4.18. The molecule has 1 aromatic heterocycles. The van der Waals surface area contributed by atoms with Crippen molar-refractivity contribution in [2.75, 3.05) is 4.72 Å². The SMILES string of the molecule is O=S(=O)(Cc1ccccc1)Nc1ccc2c(c1)ncn2-c1ccccc1. The van der Waals surface area contributed by atoms with Crippen LogP contribution in [-0.4, -0.2) is 18.0 Å². The average molecular weight is 363 g/mol. The first-order valence-electron chi connectivity index (χ1n) is 8.18. The molecule has 0 saturated heterocycles. The number of para-hydroxylation sites is 1. The summed E-state index contributed by atoms with van der Waals surface area (Å²) in [6.45, 7) is 0. The van der Waals surface area contributed by atoms with Gasteiger partial charge in [-0.3, -0.25) is 9.29 Å². The molecule has 0 radical (unpaired) electrons. The molecule has 0 unspecified atom stereocenters. The third-order valence-electron chi connectivity index (χ3n) is 4.05. The highest BCUT2D eigenvalue weighted by Crippen LogP contribution is 2.22. The van der Waals surface area contributed by atoms with Crippen LogP contribution in [0.15, 0.2) is 85.2 Å². The van der Waals surface area contributed by atoms with Crippen molar-refractivity contribution in [1.29, 1.82) is 0 Å². The number of sulfonamides is 1. The van der Waals surface area contributed by atoms with Crippen LogP contribution in [0.2, 0.25) is 0 Å². The first-order valence-corrected chi connectivity index (χ1v) is 9.83. The van der Waals surface area contributed by atoms with Crippen LogP contribution in [0.25, 0.3) is 16.7 Å². The number of hydrogen-bond donors (Lipinski definition) is 1. The van der Waals surface area contributed by atoms with Gasteiger partial charge in [0.25, 0.3) is 0 Å². The second-order valence-electron chi connectivity index (χ2n) is 6.00. The number of imidazole rings is 1. The van der Waals surface area contributed by atoms with E-state index >= 15 is 0 Å². The standard InChI is InChI=1S/C20H17N3O2S/c24-26(25,14-16-7-3-1-4-8-16)22-17-11-12-20-19(13-17)21-15-23(20)18-9-5-2-6-10-18/h1-13,15,22H,14H2. The van der Waals surface area contributed by atoms with Gasteiger partial charge >= 0.3 is 0 Å². The van der Waals surface area contributed by atoms with Gasteiger partial charge in [-0.2, -0.15) is 0 Å². The molecule has 0 spiro atoms. The topological polar surface area (TPSA) is 64.0 Å². The molecule has 0 bridgehead atoms. The van der Waals surface area contributed by atoms with Gasteiger partial charge in [0, 0.05) is 5.69 Å². The lowest BCUT2D eigenvalue weighted by molar-refractivity contribution is 0.600. The summed E-state index contributed by atoms with van der Waals surface area (Å²) >= 11 is 0. The fourth-order valence-electron chi connectivity index (χ4n) is 2.88. The summed E-state index contributed by atoms with van der Waals surface area (Å²) in [5.41, 5.74) is 3.91. The Morgan fingerprint density at radius 3 is 2.31 bits per heavy atom. The molecule has 0 amide bonds. The minimum atomic E-state index is -3.49. The number of fused-ring (bicyclic) bond motifs is 1. The van der Waals surface area contributed by atoms with E-state index < -0.39 is 10.0 Å². The number of rotatable bonds is 5. The Hall–Kier alpha value is -3.12. The van der Waals surface area contributed by atoms with Crippen LogP contribution in [0.1, 0.15) is 5.56 Å². The molecule has 26 heavy (non-hydrogen) atoms. The van der Waals surface area contributed by atoms with E-state index in [9.17, 15) is 8.42 Å². The van der Waals surface area contributed by atoms with E-state index in [0.717, 1.165) is 22.3 Å². The van der Waals surface area contributed by atoms with Crippen molar-refractivity contribution in [3.8, 4) is 5.69 Å². The lowest BCUT2D eigenvalue weighted by atomic mass is 10.2. The minimum Gasteiger partial charge on any atom is -0.299 e. The molecule has 0 aliphatic heterocycles. The fraction of sp³-hybridized carbons (Fsp3) is 0.0500. The second kappa shape index (κ2) is 6.65. The number of hydrogen-bond acceptors (Lipinski definition) is 3. The molecule has 0 saturated carbocycles. The lowest BCUT2D eigenvalue weighted by Crippen LogP contribution is -2.15. The van der Waals surface area contributed by atoms with E-state index in [1.807, 2.05) is 59.2 Å². The summed E-state index contributed by atoms with van der Waals surface area (Å²) in [7, 11) is -3.49. The smallest absolute Gasteiger partial charge is 0.236 e. The molecule has 1 heterocycles. The first-order chi connectivity index (χ1) is 12.6. The summed E-state index contributed by atoms with van der Waals surface area (Å²) in [4.78, 5) is 4.40. The highest BCUT2D eigenvalue weighted by Gasteiger charge is 2.13. The zero-order valence-electron chi connectivity index (χ0n) is 13.9. The Labute approximate surface area is 152 Å². The Balaban J connectivity index is 1.60. The fourth-order valence-corrected chi connectivity index (χ4v) is 4.07. The predicted molar refractivity (Wildman–Crippen MR) is 104 cm³/mol. The lowest BCUT2D eigenvalue weighted by Gasteiger charge is -2.09. The van der Waals surface area contributed by atoms with Gasteiger partial charge in [-0.05, 0) is 35.9 Å². The van der Waals surface area contributed by atoms with E-state index in [2.05, 4.69) is 9.71 Å². The summed E-state index contributed by atoms with van der Waals surface area (Å²) in [5.74, 6) is -0.0651. The predicted octanol–water partition coefficient (Wildman–Crippen LogP) is 3.97. The van der Waals surface area contributed by atoms with Gasteiger partial charge in [-0.25, -0.2) is 13.4 Å². The molecule has 5 nitrogen and oxygen atoms in total. The van der Waals surface area contributed by atoms with Gasteiger partial charge in [-0.1, -0.05) is 48.5 Å². The third-order valence-corrected chi connectivity index (χ3v) is 5.31. The maximum atomic E-state index is 12.4. The Morgan fingerprint density at radius 1 is 0.885 bits per heavy atom. The summed E-state index contributed by atoms with van der Waals surface area (Å²) < 4.78 is 29.4. The van der Waals surface area contributed by atoms with Gasteiger partial charge in [0.2, 0.25) is 10.0 Å². The zero-order chi connectivity index (χ0) is 18.0. The first kappa shape index (κ1) is 16.4. The molecule has 0 aliphatic rings. The normalized spacial score (nSPS) is 11.5. The summed E-state index contributed by atoms with van der Waals surface area (Å²) in [5, 5.41) is 0. The van der Waals surface area contributed by atoms with Crippen LogP contribution in [-0.2, 0) is 15.8 Å². The van der Waals surface area contributed by atoms with Crippen LogP contribution in [0.3, 0.4) is 0 Å². The molecule has 1 N–H and O–H groups in total. The Morgan fingerprint density at radius 2 is 1.58 bits per heavy atom. The van der Waals surface area contributed by atoms with E-state index in [4.69, 9.17) is 0 Å². The second-order valence-corrected chi connectivity index (χ2v) is 7.72. The molecule has 0 fully saturated rings. The summed E-state index contributed by atoms with van der Waals surface area (Å²) in [6.07, 6.45) is 1.74. The van der Waals surface area contributed by atoms with E-state index in [0.29, 0.717) is 5.69 Å². The average Bonchev–Trinajstić information content (AvgIpc) is 3.05. The largest absolute Gasteiger partial charge is 0.299 e. The molecule has 3 aromatic carbocycles. The van der Waals surface area contributed by atoms with E-state index in [-0.39, 0.29) is 5.75 Å². The van der Waals surface area contributed by atoms with Gasteiger partial charge < -0.3 is 0 Å². The van der Waals surface area contributed by atoms with Crippen molar-refractivity contribution in [2.24, 2.45) is 0 Å². The maximum Gasteiger partial charge on any atom is 0.236 e. The zero-order valence-corrected chi connectivity index (χ0v) is 14.7. The molecular weight excluding hydrogens is 346 g/mol. The monoisotopic (exact) mass is 363 g/mol. The quantitative estimate of drug-likeness (QED) is 0.584. The molecule has 4 aromatic rings. The van der Waals surface area contributed by atoms with E-state index in [1.165, 1.54) is 0 Å². The number of nitrogens with one attached hydrogen (secondary N) is 1. The van der Waals surface area contributed by atoms with Gasteiger partial charge in [0.05, 0.1) is 22.5 Å². The molecule has 0 atom stereocenters. The van der Waals surface area contributed by atoms with Gasteiger partial charge in [-0.15, -0.1) is 0 Å². The molecule has 6 heteroatoms. The molecular formula is C20H17N3O2S. The third kappa shape index (κ3) is 3.45. The van der Waals surface area contributed by atoms with Crippen molar-refractivity contribution in [3.05, 3.63) is 90.8 Å². The number of aromatic nitrogens is 2. The van der Waals surface area contributed by atoms with Crippen molar-refractivity contribution >= 4 is 26.7 Å². The van der Waals surface area contributed by atoms with Gasteiger partial charge in [0.15, 0.2) is 0 Å². The Bertz CT molecular complexity index is 1140. The van der Waals surface area contributed by atoms with Crippen LogP contribution < -0.4 is 4.72 Å². The van der Waals surface area contributed by atoms with Gasteiger partial charge in [0.1, 0.15) is 6.33 Å². The molecule has 0 aliphatic carbocycles. The highest BCUT2D eigenvalue weighted by atomic mass is 32.2. The molecule has 130 valence electrons. The van der Waals surface area contributed by atoms with Crippen LogP contribution in [0.4, 0.5) is 5.69 Å². The van der Waals surface area contributed by atoms with Crippen molar-refractivity contribution < 1.29 is 8.42 Å². The van der Waals surface area contributed by atoms with Crippen LogP contribution >= 0.6 is 0 Å². The van der Waals surface area contributed by atoms with Crippen molar-refractivity contribution in [1.82, 2.24) is 9.55 Å². The minimum absolute atomic E-state index is 0.0651. The maximum absolute atomic E-state index is 12.4. The number of nitrogens with zero attached hydrogens (tertiary/aromatic N) is 2. The summed E-state index contributed by atoms with van der Waals surface area (Å²) in [6, 6.07) is 24.4. The van der Waals surface area contributed by atoms with E-state index in [1.54, 1.807) is 30.6 Å². The van der Waals surface area contributed by atoms with Crippen molar-refractivity contribution in [3.63, 3.8) is 0 Å². The molecule has 4 rings (SSSR count). The number of benzene rings is 3. The highest BCUT2D eigenvalue weighted by molar-refractivity contribution is 7.91. The number of anilines is 1. The van der Waals surface area contributed by atoms with Crippen molar-refractivity contribution in [2.45, 2.75) is 5.75 Å². The van der Waals surface area contributed by atoms with Crippen LogP contribution in [0.5, 0.6) is 0 Å². The van der Waals surface area contributed by atoms with Crippen LogP contribution in [0, 0.1) is 0 Å².